The number of carbonyl (C=O) groups excluding carboxylic acids is 3. The molecule has 0 spiro atoms. The van der Waals surface area contributed by atoms with Crippen molar-refractivity contribution in [1.82, 2.24) is 5.32 Å². The topological polar surface area (TPSA) is 72.5 Å². The third kappa shape index (κ3) is 8.17. The molecule has 114 valence electrons. The Morgan fingerprint density at radius 2 is 1.85 bits per heavy atom. The highest BCUT2D eigenvalue weighted by atomic mass is 35.5. The fraction of sp³-hybridized carbons (Fsp3) is 0.615. The number of allylic oxidation sites excluding steroid dienone is 1. The van der Waals surface area contributed by atoms with Crippen LogP contribution in [0.4, 0.5) is 0 Å². The first-order valence-electron chi connectivity index (χ1n) is 6.03. The molecule has 0 unspecified atom stereocenters. The lowest BCUT2D eigenvalue weighted by Crippen LogP contribution is -2.46. The zero-order valence-corrected chi connectivity index (χ0v) is 13.3. The average Bonchev–Trinajstić information content (AvgIpc) is 2.30. The predicted molar refractivity (Wildman–Crippen MR) is 77.7 cm³/mol. The molecule has 0 radical (unpaired) electrons. The molecule has 1 atom stereocenters. The lowest BCUT2D eigenvalue weighted by Gasteiger charge is -2.24. The van der Waals surface area contributed by atoms with Crippen molar-refractivity contribution in [3.63, 3.8) is 0 Å². The first-order valence-corrected chi connectivity index (χ1v) is 6.90. The Morgan fingerprint density at radius 1 is 1.30 bits per heavy atom. The molecular weight excluding hydrogens is 305 g/mol. The third-order valence-corrected chi connectivity index (χ3v) is 2.51. The van der Waals surface area contributed by atoms with Gasteiger partial charge in [-0.1, -0.05) is 29.8 Å². The highest BCUT2D eigenvalue weighted by molar-refractivity contribution is 6.53. The van der Waals surface area contributed by atoms with Crippen LogP contribution in [0.1, 0.15) is 33.6 Å². The summed E-state index contributed by atoms with van der Waals surface area (Å²) in [6, 6.07) is -0.981. The second kappa shape index (κ2) is 8.27. The molecule has 0 aromatic heterocycles. The van der Waals surface area contributed by atoms with Crippen LogP contribution in [0.25, 0.3) is 0 Å². The second-order valence-electron chi connectivity index (χ2n) is 5.10. The summed E-state index contributed by atoms with van der Waals surface area (Å²) in [4.78, 5) is 33.3. The first kappa shape index (κ1) is 18.9. The molecule has 0 fully saturated rings. The molecule has 0 rings (SSSR count). The number of esters is 1. The Hall–Kier alpha value is -1.07. The number of alkyl halides is 2. The van der Waals surface area contributed by atoms with Crippen molar-refractivity contribution in [2.45, 2.75) is 50.1 Å². The zero-order valence-electron chi connectivity index (χ0n) is 11.7. The van der Waals surface area contributed by atoms with Gasteiger partial charge in [0.1, 0.15) is 11.6 Å². The molecule has 0 heterocycles. The van der Waals surface area contributed by atoms with E-state index in [0.717, 1.165) is 6.08 Å². The number of amides is 1. The summed E-state index contributed by atoms with van der Waals surface area (Å²) in [6.07, 6.45) is 1.30. The lowest BCUT2D eigenvalue weighted by molar-refractivity contribution is -0.158. The van der Waals surface area contributed by atoms with E-state index in [9.17, 15) is 14.4 Å². The molecule has 0 aliphatic carbocycles. The van der Waals surface area contributed by atoms with Crippen molar-refractivity contribution in [3.05, 3.63) is 12.7 Å². The second-order valence-corrected chi connectivity index (χ2v) is 6.20. The summed E-state index contributed by atoms with van der Waals surface area (Å²) in [5.74, 6) is -1.59. The van der Waals surface area contributed by atoms with E-state index >= 15 is 0 Å². The van der Waals surface area contributed by atoms with Gasteiger partial charge in [0.2, 0.25) is 0 Å². The molecule has 7 heteroatoms. The smallest absolute Gasteiger partial charge is 0.329 e. The van der Waals surface area contributed by atoms with Gasteiger partial charge in [-0.25, -0.2) is 4.79 Å². The van der Waals surface area contributed by atoms with Crippen molar-refractivity contribution < 1.29 is 19.1 Å². The van der Waals surface area contributed by atoms with Gasteiger partial charge in [-0.05, 0) is 33.3 Å². The van der Waals surface area contributed by atoms with Gasteiger partial charge in [-0.15, -0.1) is 0 Å². The Bertz CT molecular complexity index is 388. The van der Waals surface area contributed by atoms with E-state index < -0.39 is 28.4 Å². The van der Waals surface area contributed by atoms with Crippen LogP contribution in [0.5, 0.6) is 0 Å². The number of halogens is 2. The number of carbonyl (C=O) groups is 3. The summed E-state index contributed by atoms with van der Waals surface area (Å²) >= 11 is 10.8. The quantitative estimate of drug-likeness (QED) is 0.442. The summed E-state index contributed by atoms with van der Waals surface area (Å²) in [6.45, 7) is 8.43. The van der Waals surface area contributed by atoms with E-state index in [-0.39, 0.29) is 18.6 Å². The van der Waals surface area contributed by atoms with Crippen LogP contribution >= 0.6 is 23.2 Å². The molecule has 0 aromatic rings. The summed E-state index contributed by atoms with van der Waals surface area (Å²) < 4.78 is 5.17. The van der Waals surface area contributed by atoms with Crippen LogP contribution in [0.3, 0.4) is 0 Å². The normalized spacial score (nSPS) is 12.7. The fourth-order valence-electron chi connectivity index (χ4n) is 1.25. The molecule has 5 nitrogen and oxygen atoms in total. The molecule has 1 amide bonds. The highest BCUT2D eigenvalue weighted by Gasteiger charge is 2.28. The Labute approximate surface area is 128 Å². The number of ether oxygens (including phenoxy) is 1. The SMILES string of the molecule is C=CC(=O)CC[C@H](NC(=O)C(Cl)Cl)C(=O)OC(C)(C)C. The van der Waals surface area contributed by atoms with Crippen LogP contribution in [0.2, 0.25) is 0 Å². The van der Waals surface area contributed by atoms with Crippen LogP contribution in [0.15, 0.2) is 12.7 Å². The fourth-order valence-corrected chi connectivity index (χ4v) is 1.37. The van der Waals surface area contributed by atoms with Crippen LogP contribution < -0.4 is 5.32 Å². The van der Waals surface area contributed by atoms with Gasteiger partial charge in [-0.3, -0.25) is 9.59 Å². The van der Waals surface area contributed by atoms with Gasteiger partial charge in [0.05, 0.1) is 0 Å². The largest absolute Gasteiger partial charge is 0.458 e. The van der Waals surface area contributed by atoms with E-state index in [1.54, 1.807) is 20.8 Å². The van der Waals surface area contributed by atoms with E-state index in [1.165, 1.54) is 0 Å². The number of ketones is 1. The molecule has 0 aliphatic rings. The molecule has 0 bridgehead atoms. The van der Waals surface area contributed by atoms with E-state index in [0.29, 0.717) is 0 Å². The minimum absolute atomic E-state index is 0.0585. The first-order chi connectivity index (χ1) is 9.06. The summed E-state index contributed by atoms with van der Waals surface area (Å²) in [5, 5.41) is 2.35. The van der Waals surface area contributed by atoms with Crippen molar-refractivity contribution in [2.75, 3.05) is 0 Å². The third-order valence-electron chi connectivity index (χ3n) is 2.11. The Balaban J connectivity index is 4.77. The van der Waals surface area contributed by atoms with Gasteiger partial charge in [0, 0.05) is 6.42 Å². The van der Waals surface area contributed by atoms with Crippen LogP contribution in [-0.4, -0.2) is 34.1 Å². The predicted octanol–water partition coefficient (Wildman–Crippen LogP) is 2.15. The van der Waals surface area contributed by atoms with Crippen LogP contribution in [-0.2, 0) is 19.1 Å². The summed E-state index contributed by atoms with van der Waals surface area (Å²) in [5.41, 5.74) is -0.705. The molecule has 0 saturated carbocycles. The van der Waals surface area contributed by atoms with Crippen molar-refractivity contribution in [2.24, 2.45) is 0 Å². The van der Waals surface area contributed by atoms with Gasteiger partial charge in [0.15, 0.2) is 10.6 Å². The number of hydrogen-bond acceptors (Lipinski definition) is 4. The molecule has 0 aromatic carbocycles. The minimum Gasteiger partial charge on any atom is -0.458 e. The molecule has 1 N–H and O–H groups in total. The molecule has 0 saturated heterocycles. The number of rotatable bonds is 7. The highest BCUT2D eigenvalue weighted by Crippen LogP contribution is 2.12. The lowest BCUT2D eigenvalue weighted by atomic mass is 10.1. The maximum Gasteiger partial charge on any atom is 0.329 e. The minimum atomic E-state index is -1.30. The number of nitrogens with one attached hydrogen (secondary N) is 1. The monoisotopic (exact) mass is 323 g/mol. The van der Waals surface area contributed by atoms with E-state index in [4.69, 9.17) is 27.9 Å². The maximum absolute atomic E-state index is 12.0. The molecular formula is C13H19Cl2NO4. The van der Waals surface area contributed by atoms with Crippen molar-refractivity contribution in [1.29, 1.82) is 0 Å². The van der Waals surface area contributed by atoms with Crippen molar-refractivity contribution in [3.8, 4) is 0 Å². The van der Waals surface area contributed by atoms with Crippen molar-refractivity contribution >= 4 is 40.9 Å². The van der Waals surface area contributed by atoms with Crippen LogP contribution in [0, 0.1) is 0 Å². The molecule has 0 aliphatic heterocycles. The van der Waals surface area contributed by atoms with E-state index in [1.807, 2.05) is 0 Å². The Kier molecular flexibility index (Phi) is 7.83. The van der Waals surface area contributed by atoms with E-state index in [2.05, 4.69) is 11.9 Å². The summed E-state index contributed by atoms with van der Waals surface area (Å²) in [7, 11) is 0. The zero-order chi connectivity index (χ0) is 15.9. The van der Waals surface area contributed by atoms with Gasteiger partial charge < -0.3 is 10.1 Å². The van der Waals surface area contributed by atoms with Gasteiger partial charge in [0.25, 0.3) is 5.91 Å². The number of hydrogen-bond donors (Lipinski definition) is 1. The average molecular weight is 324 g/mol. The standard InChI is InChI=1S/C13H19Cl2NO4/c1-5-8(17)6-7-9(16-11(18)10(14)15)12(19)20-13(2,3)4/h5,9-10H,1,6-7H2,2-4H3,(H,16,18)/t9-/m0/s1. The Morgan fingerprint density at radius 3 is 2.25 bits per heavy atom. The van der Waals surface area contributed by atoms with Gasteiger partial charge >= 0.3 is 5.97 Å². The van der Waals surface area contributed by atoms with Gasteiger partial charge in [-0.2, -0.15) is 0 Å². The molecule has 20 heavy (non-hydrogen) atoms. The maximum atomic E-state index is 12.0.